The summed E-state index contributed by atoms with van der Waals surface area (Å²) in [5.41, 5.74) is 2.33. The van der Waals surface area contributed by atoms with Gasteiger partial charge in [-0.05, 0) is 59.0 Å². The van der Waals surface area contributed by atoms with Crippen molar-refractivity contribution in [1.82, 2.24) is 5.01 Å². The van der Waals surface area contributed by atoms with Gasteiger partial charge in [-0.15, -0.1) is 5.11 Å². The number of hydrogen-bond donors (Lipinski definition) is 0. The van der Waals surface area contributed by atoms with Crippen molar-refractivity contribution in [2.45, 2.75) is 32.6 Å². The fourth-order valence-electron chi connectivity index (χ4n) is 1.86. The molecule has 1 heterocycles. The number of nitrogens with zero attached hydrogens (tertiary/aromatic N) is 3. The molecule has 0 radical (unpaired) electrons. The summed E-state index contributed by atoms with van der Waals surface area (Å²) in [7, 11) is 0. The molecule has 1 aromatic carbocycles. The summed E-state index contributed by atoms with van der Waals surface area (Å²) in [6.45, 7) is 6.50. The quantitative estimate of drug-likeness (QED) is 0.586. The van der Waals surface area contributed by atoms with Crippen molar-refractivity contribution in [3.63, 3.8) is 0 Å². The van der Waals surface area contributed by atoms with Gasteiger partial charge in [0.15, 0.2) is 0 Å². The van der Waals surface area contributed by atoms with E-state index in [1.54, 1.807) is 0 Å². The van der Waals surface area contributed by atoms with E-state index in [0.29, 0.717) is 5.92 Å². The molecule has 1 saturated heterocycles. The maximum absolute atomic E-state index is 4.33. The molecular formula is C13H18IN3. The van der Waals surface area contributed by atoms with E-state index in [2.05, 4.69) is 65.0 Å². The van der Waals surface area contributed by atoms with Crippen molar-refractivity contribution in [1.29, 1.82) is 0 Å². The van der Waals surface area contributed by atoms with Crippen LogP contribution in [-0.2, 0) is 0 Å². The van der Waals surface area contributed by atoms with Gasteiger partial charge in [-0.1, -0.05) is 25.1 Å². The highest BCUT2D eigenvalue weighted by molar-refractivity contribution is 14.1. The summed E-state index contributed by atoms with van der Waals surface area (Å²) >= 11 is 2.33. The van der Waals surface area contributed by atoms with Crippen LogP contribution < -0.4 is 0 Å². The first-order valence-electron chi connectivity index (χ1n) is 6.13. The molecule has 0 atom stereocenters. The summed E-state index contributed by atoms with van der Waals surface area (Å²) in [5, 5.41) is 10.7. The van der Waals surface area contributed by atoms with Crippen LogP contribution in [0.15, 0.2) is 28.5 Å². The highest BCUT2D eigenvalue weighted by atomic mass is 127. The van der Waals surface area contributed by atoms with Crippen LogP contribution >= 0.6 is 22.6 Å². The summed E-state index contributed by atoms with van der Waals surface area (Å²) < 4.78 is 1.18. The van der Waals surface area contributed by atoms with Crippen molar-refractivity contribution in [3.05, 3.63) is 27.3 Å². The van der Waals surface area contributed by atoms with Crippen LogP contribution in [0.1, 0.15) is 38.2 Å². The molecule has 3 nitrogen and oxygen atoms in total. The zero-order valence-corrected chi connectivity index (χ0v) is 12.5. The van der Waals surface area contributed by atoms with Crippen LogP contribution in [0.5, 0.6) is 0 Å². The summed E-state index contributed by atoms with van der Waals surface area (Å²) in [6.07, 6.45) is 2.48. The lowest BCUT2D eigenvalue weighted by Gasteiger charge is -2.09. The van der Waals surface area contributed by atoms with E-state index in [0.717, 1.165) is 18.8 Å². The predicted molar refractivity (Wildman–Crippen MR) is 78.6 cm³/mol. The molecular weight excluding hydrogens is 325 g/mol. The van der Waals surface area contributed by atoms with Gasteiger partial charge in [-0.2, -0.15) is 0 Å². The molecule has 92 valence electrons. The molecule has 0 aromatic heterocycles. The van der Waals surface area contributed by atoms with Gasteiger partial charge < -0.3 is 0 Å². The Labute approximate surface area is 116 Å². The Bertz CT molecular complexity index is 409. The average Bonchev–Trinajstić information content (AvgIpc) is 2.80. The fraction of sp³-hybridized carbons (Fsp3) is 0.538. The third kappa shape index (κ3) is 3.40. The summed E-state index contributed by atoms with van der Waals surface area (Å²) in [5.74, 6) is 0.563. The van der Waals surface area contributed by atoms with Gasteiger partial charge in [0.25, 0.3) is 0 Å². The number of rotatable bonds is 3. The van der Waals surface area contributed by atoms with E-state index in [4.69, 9.17) is 0 Å². The van der Waals surface area contributed by atoms with Gasteiger partial charge in [0.2, 0.25) is 0 Å². The van der Waals surface area contributed by atoms with Crippen LogP contribution in [0.25, 0.3) is 0 Å². The minimum absolute atomic E-state index is 0.563. The lowest BCUT2D eigenvalue weighted by atomic mass is 10.0. The van der Waals surface area contributed by atoms with Crippen molar-refractivity contribution < 1.29 is 0 Å². The van der Waals surface area contributed by atoms with Gasteiger partial charge in [0, 0.05) is 16.7 Å². The molecule has 0 N–H and O–H groups in total. The highest BCUT2D eigenvalue weighted by Gasteiger charge is 2.09. The van der Waals surface area contributed by atoms with E-state index in [9.17, 15) is 0 Å². The largest absolute Gasteiger partial charge is 0.278 e. The van der Waals surface area contributed by atoms with Crippen molar-refractivity contribution in [2.75, 3.05) is 13.1 Å². The number of hydrogen-bond acceptors (Lipinski definition) is 2. The third-order valence-electron chi connectivity index (χ3n) is 3.00. The molecule has 0 amide bonds. The van der Waals surface area contributed by atoms with Gasteiger partial charge in [-0.25, -0.2) is 0 Å². The van der Waals surface area contributed by atoms with Crippen LogP contribution in [0.4, 0.5) is 5.69 Å². The maximum Gasteiger partial charge on any atom is 0.101 e. The highest BCUT2D eigenvalue weighted by Crippen LogP contribution is 2.26. The third-order valence-corrected chi connectivity index (χ3v) is 3.86. The first kappa shape index (κ1) is 12.8. The molecule has 4 heteroatoms. The molecule has 1 aliphatic rings. The van der Waals surface area contributed by atoms with E-state index < -0.39 is 0 Å². The van der Waals surface area contributed by atoms with Gasteiger partial charge >= 0.3 is 0 Å². The first-order chi connectivity index (χ1) is 8.16. The molecule has 1 aliphatic heterocycles. The lowest BCUT2D eigenvalue weighted by Crippen LogP contribution is -2.09. The van der Waals surface area contributed by atoms with Crippen LogP contribution in [-0.4, -0.2) is 18.1 Å². The van der Waals surface area contributed by atoms with Crippen molar-refractivity contribution in [2.24, 2.45) is 10.3 Å². The Morgan fingerprint density at radius 2 is 1.94 bits per heavy atom. The summed E-state index contributed by atoms with van der Waals surface area (Å²) in [6, 6.07) is 6.41. The Kier molecular flexibility index (Phi) is 4.36. The maximum atomic E-state index is 4.33. The average molecular weight is 343 g/mol. The minimum Gasteiger partial charge on any atom is -0.278 e. The predicted octanol–water partition coefficient (Wildman–Crippen LogP) is 4.51. The minimum atomic E-state index is 0.563. The topological polar surface area (TPSA) is 28.0 Å². The van der Waals surface area contributed by atoms with E-state index >= 15 is 0 Å². The van der Waals surface area contributed by atoms with Crippen LogP contribution in [0.2, 0.25) is 0 Å². The normalized spacial score (nSPS) is 16.4. The number of halogens is 1. The van der Waals surface area contributed by atoms with E-state index in [1.807, 2.05) is 5.01 Å². The smallest absolute Gasteiger partial charge is 0.101 e. The monoisotopic (exact) mass is 343 g/mol. The first-order valence-corrected chi connectivity index (χ1v) is 7.21. The summed E-state index contributed by atoms with van der Waals surface area (Å²) in [4.78, 5) is 0. The Morgan fingerprint density at radius 3 is 2.53 bits per heavy atom. The van der Waals surface area contributed by atoms with Crippen LogP contribution in [0, 0.1) is 3.57 Å². The molecule has 0 aliphatic carbocycles. The van der Waals surface area contributed by atoms with E-state index in [-0.39, 0.29) is 0 Å². The standard InChI is InChI=1S/C13H18IN3/c1-10(2)11-5-6-13(12(14)9-11)15-16-17-7-3-4-8-17/h5-6,9-10H,3-4,7-8H2,1-2H3. The molecule has 0 bridgehead atoms. The molecule has 0 spiro atoms. The second-order valence-corrected chi connectivity index (χ2v) is 5.88. The SMILES string of the molecule is CC(C)c1ccc(N=NN2CCCC2)c(I)c1. The second kappa shape index (κ2) is 5.80. The lowest BCUT2D eigenvalue weighted by molar-refractivity contribution is 0.336. The Morgan fingerprint density at radius 1 is 1.24 bits per heavy atom. The van der Waals surface area contributed by atoms with Crippen molar-refractivity contribution >= 4 is 28.3 Å². The Hall–Kier alpha value is -0.650. The fourth-order valence-corrected chi connectivity index (χ4v) is 2.51. The molecule has 1 aromatic rings. The molecule has 0 saturated carbocycles. The zero-order valence-electron chi connectivity index (χ0n) is 10.4. The van der Waals surface area contributed by atoms with Gasteiger partial charge in [0.05, 0.1) is 0 Å². The van der Waals surface area contributed by atoms with E-state index in [1.165, 1.54) is 22.0 Å². The van der Waals surface area contributed by atoms with Gasteiger partial charge in [0.1, 0.15) is 5.69 Å². The number of benzene rings is 1. The Balaban J connectivity index is 2.10. The van der Waals surface area contributed by atoms with Crippen LogP contribution in [0.3, 0.4) is 0 Å². The second-order valence-electron chi connectivity index (χ2n) is 4.72. The molecule has 2 rings (SSSR count). The van der Waals surface area contributed by atoms with Gasteiger partial charge in [-0.3, -0.25) is 5.01 Å². The molecule has 1 fully saturated rings. The zero-order chi connectivity index (χ0) is 12.3. The molecule has 17 heavy (non-hydrogen) atoms. The van der Waals surface area contributed by atoms with Crippen molar-refractivity contribution in [3.8, 4) is 0 Å². The molecule has 0 unspecified atom stereocenters.